The monoisotopic (exact) mass is 295 g/mol. The van der Waals surface area contributed by atoms with Gasteiger partial charge in [-0.1, -0.05) is 13.8 Å². The van der Waals surface area contributed by atoms with Crippen LogP contribution in [0.1, 0.15) is 47.1 Å². The normalized spacial score (nSPS) is 11.0. The third-order valence-electron chi connectivity index (χ3n) is 2.83. The average molecular weight is 295 g/mol. The van der Waals surface area contributed by atoms with E-state index in [1.807, 2.05) is 20.8 Å². The van der Waals surface area contributed by atoms with Gasteiger partial charge < -0.3 is 9.84 Å². The lowest BCUT2D eigenvalue weighted by Crippen LogP contribution is -2.08. The number of hydrogen-bond acceptors (Lipinski definition) is 5. The van der Waals surface area contributed by atoms with Crippen molar-refractivity contribution in [3.8, 4) is 5.75 Å². The minimum absolute atomic E-state index is 0.211. The van der Waals surface area contributed by atoms with Crippen molar-refractivity contribution in [2.75, 3.05) is 0 Å². The average Bonchev–Trinajstić information content (AvgIpc) is 3.02. The largest absolute Gasteiger partial charge is 0.484 e. The number of aryl methyl sites for hydroxylation is 1. The molecule has 0 unspecified atom stereocenters. The van der Waals surface area contributed by atoms with Crippen molar-refractivity contribution in [3.05, 3.63) is 28.0 Å². The zero-order valence-corrected chi connectivity index (χ0v) is 12.5. The van der Waals surface area contributed by atoms with Crippen LogP contribution < -0.4 is 4.74 Å². The van der Waals surface area contributed by atoms with Crippen molar-refractivity contribution in [1.82, 2.24) is 14.8 Å². The van der Waals surface area contributed by atoms with Gasteiger partial charge in [-0.3, -0.25) is 0 Å². The van der Waals surface area contributed by atoms with Gasteiger partial charge in [-0.2, -0.15) is 5.10 Å². The number of aromatic nitrogens is 3. The van der Waals surface area contributed by atoms with E-state index in [-0.39, 0.29) is 17.4 Å². The fraction of sp³-hybridized carbons (Fsp3) is 0.462. The van der Waals surface area contributed by atoms with Crippen LogP contribution in [0.3, 0.4) is 0 Å². The summed E-state index contributed by atoms with van der Waals surface area (Å²) in [5.74, 6) is 0.390. The van der Waals surface area contributed by atoms with Gasteiger partial charge in [0, 0.05) is 11.4 Å². The third-order valence-corrected chi connectivity index (χ3v) is 4.24. The molecule has 0 fully saturated rings. The fourth-order valence-electron chi connectivity index (χ4n) is 1.74. The maximum absolute atomic E-state index is 11.2. The zero-order chi connectivity index (χ0) is 14.7. The summed E-state index contributed by atoms with van der Waals surface area (Å²) >= 11 is 1.26. The van der Waals surface area contributed by atoms with Gasteiger partial charge >= 0.3 is 5.97 Å². The second-order valence-electron chi connectivity index (χ2n) is 4.58. The van der Waals surface area contributed by atoms with Crippen LogP contribution in [0.4, 0.5) is 0 Å². The zero-order valence-electron chi connectivity index (χ0n) is 11.7. The number of carboxylic acid groups (broad SMARTS) is 1. The Bertz CT molecular complexity index is 604. The van der Waals surface area contributed by atoms with E-state index in [4.69, 9.17) is 4.74 Å². The number of aromatic carboxylic acids is 1. The minimum atomic E-state index is -0.964. The minimum Gasteiger partial charge on any atom is -0.484 e. The van der Waals surface area contributed by atoms with Gasteiger partial charge in [0.05, 0.1) is 0 Å². The highest BCUT2D eigenvalue weighted by Gasteiger charge is 2.19. The summed E-state index contributed by atoms with van der Waals surface area (Å²) in [7, 11) is 0. The molecule has 0 spiro atoms. The Hall–Kier alpha value is -1.89. The number of ether oxygens (including phenoxy) is 1. The SMILES string of the molecule is CCn1ncnc1COc1cc(C(C)C)sc1C(=O)O. The van der Waals surface area contributed by atoms with Crippen LogP contribution in [-0.4, -0.2) is 25.8 Å². The van der Waals surface area contributed by atoms with Crippen LogP contribution in [0.15, 0.2) is 12.4 Å². The van der Waals surface area contributed by atoms with Crippen molar-refractivity contribution < 1.29 is 14.6 Å². The first-order valence-electron chi connectivity index (χ1n) is 6.39. The Balaban J connectivity index is 2.18. The lowest BCUT2D eigenvalue weighted by atomic mass is 10.2. The van der Waals surface area contributed by atoms with Crippen LogP contribution in [0.2, 0.25) is 0 Å². The highest BCUT2D eigenvalue weighted by molar-refractivity contribution is 7.14. The number of nitrogens with zero attached hydrogens (tertiary/aromatic N) is 3. The summed E-state index contributed by atoms with van der Waals surface area (Å²) in [6, 6.07) is 1.80. The van der Waals surface area contributed by atoms with Gasteiger partial charge in [-0.25, -0.2) is 14.5 Å². The second-order valence-corrected chi connectivity index (χ2v) is 5.67. The molecule has 0 saturated carbocycles. The molecule has 0 aliphatic heterocycles. The number of carboxylic acids is 1. The smallest absolute Gasteiger partial charge is 0.349 e. The van der Waals surface area contributed by atoms with Crippen LogP contribution >= 0.6 is 11.3 Å². The summed E-state index contributed by atoms with van der Waals surface area (Å²) in [6.07, 6.45) is 1.47. The molecule has 2 rings (SSSR count). The first kappa shape index (κ1) is 14.5. The van der Waals surface area contributed by atoms with E-state index in [1.54, 1.807) is 10.7 Å². The Morgan fingerprint density at radius 1 is 1.55 bits per heavy atom. The van der Waals surface area contributed by atoms with E-state index in [2.05, 4.69) is 10.1 Å². The first-order chi connectivity index (χ1) is 9.52. The topological polar surface area (TPSA) is 77.2 Å². The molecule has 0 amide bonds. The van der Waals surface area contributed by atoms with E-state index in [0.717, 1.165) is 4.88 Å². The molecule has 108 valence electrons. The molecule has 0 radical (unpaired) electrons. The molecule has 2 heterocycles. The van der Waals surface area contributed by atoms with Crippen LogP contribution in [-0.2, 0) is 13.2 Å². The summed E-state index contributed by atoms with van der Waals surface area (Å²) < 4.78 is 7.34. The molecule has 20 heavy (non-hydrogen) atoms. The molecule has 0 atom stereocenters. The Labute approximate surface area is 121 Å². The van der Waals surface area contributed by atoms with Crippen LogP contribution in [0.5, 0.6) is 5.75 Å². The lowest BCUT2D eigenvalue weighted by Gasteiger charge is -2.05. The molecule has 2 aromatic rings. The molecule has 1 N–H and O–H groups in total. The van der Waals surface area contributed by atoms with Gasteiger partial charge in [0.15, 0.2) is 10.7 Å². The van der Waals surface area contributed by atoms with Crippen LogP contribution in [0.25, 0.3) is 0 Å². The maximum atomic E-state index is 11.2. The first-order valence-corrected chi connectivity index (χ1v) is 7.21. The molecule has 0 aliphatic carbocycles. The van der Waals surface area contributed by atoms with E-state index >= 15 is 0 Å². The molecular weight excluding hydrogens is 278 g/mol. The quantitative estimate of drug-likeness (QED) is 0.886. The number of hydrogen-bond donors (Lipinski definition) is 1. The van der Waals surface area contributed by atoms with E-state index in [0.29, 0.717) is 18.1 Å². The third kappa shape index (κ3) is 2.98. The Morgan fingerprint density at radius 2 is 2.30 bits per heavy atom. The molecule has 2 aromatic heterocycles. The Kier molecular flexibility index (Phi) is 4.39. The van der Waals surface area contributed by atoms with Gasteiger partial charge in [0.1, 0.15) is 18.7 Å². The molecule has 0 aromatic carbocycles. The van der Waals surface area contributed by atoms with Gasteiger partial charge in [-0.05, 0) is 18.9 Å². The standard InChI is InChI=1S/C13H17N3O3S/c1-4-16-11(14-7-15-16)6-19-9-5-10(8(2)3)20-12(9)13(17)18/h5,7-8H,4,6H2,1-3H3,(H,17,18). The molecule has 7 heteroatoms. The van der Waals surface area contributed by atoms with Crippen molar-refractivity contribution in [2.24, 2.45) is 0 Å². The predicted octanol–water partition coefficient (Wildman–Crippen LogP) is 2.76. The van der Waals surface area contributed by atoms with Gasteiger partial charge in [-0.15, -0.1) is 11.3 Å². The number of carbonyl (C=O) groups is 1. The van der Waals surface area contributed by atoms with Gasteiger partial charge in [0.25, 0.3) is 0 Å². The summed E-state index contributed by atoms with van der Waals surface area (Å²) in [5.41, 5.74) is 0. The second kappa shape index (κ2) is 6.04. The predicted molar refractivity (Wildman–Crippen MR) is 75.4 cm³/mol. The van der Waals surface area contributed by atoms with E-state index in [1.165, 1.54) is 17.7 Å². The highest BCUT2D eigenvalue weighted by atomic mass is 32.1. The number of thiophene rings is 1. The molecule has 0 bridgehead atoms. The molecular formula is C13H17N3O3S. The lowest BCUT2D eigenvalue weighted by molar-refractivity contribution is 0.0697. The molecule has 0 saturated heterocycles. The van der Waals surface area contributed by atoms with E-state index < -0.39 is 5.97 Å². The highest BCUT2D eigenvalue weighted by Crippen LogP contribution is 2.34. The van der Waals surface area contributed by atoms with Crippen molar-refractivity contribution in [1.29, 1.82) is 0 Å². The maximum Gasteiger partial charge on any atom is 0.349 e. The number of rotatable bonds is 6. The van der Waals surface area contributed by atoms with Crippen molar-refractivity contribution >= 4 is 17.3 Å². The van der Waals surface area contributed by atoms with Crippen molar-refractivity contribution in [3.63, 3.8) is 0 Å². The molecule has 6 nitrogen and oxygen atoms in total. The van der Waals surface area contributed by atoms with Gasteiger partial charge in [0.2, 0.25) is 0 Å². The fourth-order valence-corrected chi connectivity index (χ4v) is 2.68. The summed E-state index contributed by atoms with van der Waals surface area (Å²) in [4.78, 5) is 16.6. The Morgan fingerprint density at radius 3 is 2.90 bits per heavy atom. The van der Waals surface area contributed by atoms with E-state index in [9.17, 15) is 9.90 Å². The van der Waals surface area contributed by atoms with Crippen molar-refractivity contribution in [2.45, 2.75) is 39.8 Å². The molecule has 0 aliphatic rings. The summed E-state index contributed by atoms with van der Waals surface area (Å²) in [6.45, 7) is 6.92. The summed E-state index contributed by atoms with van der Waals surface area (Å²) in [5, 5.41) is 13.3. The van der Waals surface area contributed by atoms with Crippen LogP contribution in [0, 0.1) is 0 Å².